The van der Waals surface area contributed by atoms with Crippen LogP contribution in [-0.4, -0.2) is 83.5 Å². The summed E-state index contributed by atoms with van der Waals surface area (Å²) >= 11 is 0. The van der Waals surface area contributed by atoms with Gasteiger partial charge in [0.2, 0.25) is 11.8 Å². The molecule has 0 aromatic carbocycles. The Bertz CT molecular complexity index is 419. The minimum atomic E-state index is -0.0964. The summed E-state index contributed by atoms with van der Waals surface area (Å²) in [6, 6.07) is 0. The third kappa shape index (κ3) is 20.8. The van der Waals surface area contributed by atoms with E-state index in [1.165, 1.54) is 6.92 Å². The van der Waals surface area contributed by atoms with Crippen LogP contribution >= 0.6 is 0 Å². The van der Waals surface area contributed by atoms with Gasteiger partial charge in [0.1, 0.15) is 5.78 Å². The van der Waals surface area contributed by atoms with Gasteiger partial charge in [-0.1, -0.05) is 6.92 Å². The molecule has 0 saturated carbocycles. The molecule has 0 rings (SSSR count). The van der Waals surface area contributed by atoms with Crippen molar-refractivity contribution < 1.29 is 33.3 Å². The average Bonchev–Trinajstić information content (AvgIpc) is 2.65. The second kappa shape index (κ2) is 20.2. The Labute approximate surface area is 167 Å². The Morgan fingerprint density at radius 3 is 1.50 bits per heavy atom. The number of hydrogen-bond acceptors (Lipinski definition) is 7. The number of nitrogens with one attached hydrogen (secondary N) is 2. The molecule has 0 heterocycles. The highest BCUT2D eigenvalue weighted by Gasteiger charge is 2.01. The van der Waals surface area contributed by atoms with Gasteiger partial charge in [-0.25, -0.2) is 0 Å². The molecule has 9 nitrogen and oxygen atoms in total. The molecule has 2 amide bonds. The van der Waals surface area contributed by atoms with Crippen LogP contribution in [0.3, 0.4) is 0 Å². The van der Waals surface area contributed by atoms with E-state index in [1.807, 2.05) is 6.92 Å². The van der Waals surface area contributed by atoms with Gasteiger partial charge in [-0.3, -0.25) is 14.4 Å². The summed E-state index contributed by atoms with van der Waals surface area (Å²) in [4.78, 5) is 33.5. The molecule has 0 bridgehead atoms. The van der Waals surface area contributed by atoms with Gasteiger partial charge in [-0.05, 0) is 13.3 Å². The van der Waals surface area contributed by atoms with E-state index in [-0.39, 0.29) is 24.0 Å². The van der Waals surface area contributed by atoms with Gasteiger partial charge in [0.05, 0.1) is 52.9 Å². The van der Waals surface area contributed by atoms with E-state index < -0.39 is 0 Å². The average molecular weight is 405 g/mol. The normalized spacial score (nSPS) is 10.6. The number of rotatable bonds is 20. The smallest absolute Gasteiger partial charge is 0.222 e. The van der Waals surface area contributed by atoms with Crippen LogP contribution in [0.2, 0.25) is 0 Å². The summed E-state index contributed by atoms with van der Waals surface area (Å²) < 4.78 is 21.2. The summed E-state index contributed by atoms with van der Waals surface area (Å²) in [5, 5.41) is 5.50. The third-order valence-electron chi connectivity index (χ3n) is 3.43. The second-order valence-electron chi connectivity index (χ2n) is 6.10. The molecule has 2 N–H and O–H groups in total. The van der Waals surface area contributed by atoms with Gasteiger partial charge >= 0.3 is 0 Å². The van der Waals surface area contributed by atoms with Crippen molar-refractivity contribution in [3.05, 3.63) is 0 Å². The number of ketones is 1. The van der Waals surface area contributed by atoms with Crippen LogP contribution < -0.4 is 10.6 Å². The molecule has 0 spiro atoms. The first-order valence-corrected chi connectivity index (χ1v) is 9.90. The Morgan fingerprint density at radius 1 is 0.607 bits per heavy atom. The van der Waals surface area contributed by atoms with Crippen molar-refractivity contribution in [1.29, 1.82) is 0 Å². The highest BCUT2D eigenvalue weighted by molar-refractivity contribution is 5.76. The van der Waals surface area contributed by atoms with Crippen molar-refractivity contribution in [1.82, 2.24) is 10.6 Å². The first-order valence-electron chi connectivity index (χ1n) is 9.90. The van der Waals surface area contributed by atoms with E-state index in [1.54, 1.807) is 0 Å². The molecule has 0 fully saturated rings. The highest BCUT2D eigenvalue weighted by atomic mass is 16.5. The van der Waals surface area contributed by atoms with E-state index in [9.17, 15) is 14.4 Å². The van der Waals surface area contributed by atoms with Crippen molar-refractivity contribution in [3.8, 4) is 0 Å². The summed E-state index contributed by atoms with van der Waals surface area (Å²) in [7, 11) is 0. The zero-order chi connectivity index (χ0) is 20.9. The first kappa shape index (κ1) is 26.4. The van der Waals surface area contributed by atoms with Crippen LogP contribution in [0.5, 0.6) is 0 Å². The molecule has 0 aliphatic carbocycles. The molecule has 0 aromatic heterocycles. The maximum atomic E-state index is 11.6. The largest absolute Gasteiger partial charge is 0.379 e. The van der Waals surface area contributed by atoms with Crippen LogP contribution in [0.25, 0.3) is 0 Å². The monoisotopic (exact) mass is 404 g/mol. The lowest BCUT2D eigenvalue weighted by atomic mass is 10.3. The summed E-state index contributed by atoms with van der Waals surface area (Å²) in [6.07, 6.45) is 2.07. The molecule has 0 aromatic rings. The number of hydrogen-bond donors (Lipinski definition) is 2. The predicted octanol–water partition coefficient (Wildman–Crippen LogP) is 0.455. The van der Waals surface area contributed by atoms with Crippen LogP contribution in [-0.2, 0) is 33.3 Å². The Kier molecular flexibility index (Phi) is 19.1. The third-order valence-corrected chi connectivity index (χ3v) is 3.43. The fourth-order valence-corrected chi connectivity index (χ4v) is 1.95. The van der Waals surface area contributed by atoms with Gasteiger partial charge in [-0.2, -0.15) is 0 Å². The zero-order valence-electron chi connectivity index (χ0n) is 17.3. The quantitative estimate of drug-likeness (QED) is 0.283. The topological polar surface area (TPSA) is 112 Å². The molecule has 0 aliphatic rings. The van der Waals surface area contributed by atoms with Gasteiger partial charge in [0.15, 0.2) is 0 Å². The maximum absolute atomic E-state index is 11.6. The van der Waals surface area contributed by atoms with Gasteiger partial charge in [-0.15, -0.1) is 0 Å². The molecule has 0 radical (unpaired) electrons. The fraction of sp³-hybridized carbons (Fsp3) is 0.842. The second-order valence-corrected chi connectivity index (χ2v) is 6.10. The van der Waals surface area contributed by atoms with Crippen LogP contribution in [0, 0.1) is 0 Å². The minimum absolute atomic E-state index is 0.0387. The van der Waals surface area contributed by atoms with Crippen molar-refractivity contribution in [3.63, 3.8) is 0 Å². The van der Waals surface area contributed by atoms with E-state index in [2.05, 4.69) is 10.6 Å². The molecule has 0 atom stereocenters. The van der Waals surface area contributed by atoms with Gasteiger partial charge in [0.25, 0.3) is 0 Å². The molecule has 0 saturated heterocycles. The van der Waals surface area contributed by atoms with E-state index in [0.717, 1.165) is 6.42 Å². The van der Waals surface area contributed by atoms with Crippen LogP contribution in [0.15, 0.2) is 0 Å². The maximum Gasteiger partial charge on any atom is 0.222 e. The summed E-state index contributed by atoms with van der Waals surface area (Å²) in [5.74, 6) is 0.0468. The molecule has 9 heteroatoms. The number of carbonyl (C=O) groups is 3. The van der Waals surface area contributed by atoms with Crippen molar-refractivity contribution in [2.75, 3.05) is 65.9 Å². The highest BCUT2D eigenvalue weighted by Crippen LogP contribution is 1.87. The molecule has 0 aliphatic heterocycles. The zero-order valence-corrected chi connectivity index (χ0v) is 17.3. The number of Topliss-reactive ketones (excluding diaryl/α,β-unsaturated/α-hetero) is 1. The van der Waals surface area contributed by atoms with E-state index in [0.29, 0.717) is 78.8 Å². The fourth-order valence-electron chi connectivity index (χ4n) is 1.95. The van der Waals surface area contributed by atoms with Crippen molar-refractivity contribution in [2.45, 2.75) is 39.5 Å². The lowest BCUT2D eigenvalue weighted by Crippen LogP contribution is -2.28. The number of ether oxygens (including phenoxy) is 4. The number of amides is 2. The lowest BCUT2D eigenvalue weighted by Gasteiger charge is -2.08. The number of carbonyl (C=O) groups excluding carboxylic acids is 3. The summed E-state index contributed by atoms with van der Waals surface area (Å²) in [5.41, 5.74) is 0. The summed E-state index contributed by atoms with van der Waals surface area (Å²) in [6.45, 7) is 7.69. The molecule has 28 heavy (non-hydrogen) atoms. The Hall–Kier alpha value is -1.55. The molecular formula is C19H36N2O7. The standard InChI is InChI=1S/C19H36N2O7/c1-3-4-18(23)20-7-11-27-16-14-26-10-6-19(24)21-8-12-28-15-13-25-9-5-17(2)22/h3-16H2,1-2H3,(H,20,23)(H,21,24). The van der Waals surface area contributed by atoms with Gasteiger partial charge in [0, 0.05) is 32.4 Å². The SMILES string of the molecule is CCCC(=O)NCCOCCOCCC(=O)NCCOCCOCCC(C)=O. The van der Waals surface area contributed by atoms with Gasteiger partial charge < -0.3 is 29.6 Å². The first-order chi connectivity index (χ1) is 13.6. The Balaban J connectivity index is 3.23. The van der Waals surface area contributed by atoms with E-state index in [4.69, 9.17) is 18.9 Å². The Morgan fingerprint density at radius 2 is 1.04 bits per heavy atom. The minimum Gasteiger partial charge on any atom is -0.379 e. The molecule has 164 valence electrons. The van der Waals surface area contributed by atoms with Crippen molar-refractivity contribution in [2.24, 2.45) is 0 Å². The molecular weight excluding hydrogens is 368 g/mol. The van der Waals surface area contributed by atoms with Crippen LogP contribution in [0.4, 0.5) is 0 Å². The van der Waals surface area contributed by atoms with Crippen LogP contribution in [0.1, 0.15) is 39.5 Å². The predicted molar refractivity (Wildman–Crippen MR) is 104 cm³/mol. The molecule has 0 unspecified atom stereocenters. The lowest BCUT2D eigenvalue weighted by molar-refractivity contribution is -0.122. The van der Waals surface area contributed by atoms with Crippen molar-refractivity contribution >= 4 is 17.6 Å². The van der Waals surface area contributed by atoms with E-state index >= 15 is 0 Å².